The summed E-state index contributed by atoms with van der Waals surface area (Å²) in [5.74, 6) is 0.804. The molecule has 2 aromatic rings. The Hall–Kier alpha value is -1.53. The number of rotatable bonds is 4. The normalized spacial score (nSPS) is 10.2. The minimum absolute atomic E-state index is 0.268. The second kappa shape index (κ2) is 5.20. The molecular weight excluding hydrogens is 252 g/mol. The molecule has 0 radical (unpaired) electrons. The largest absolute Gasteiger partial charge is 0.388 e. The van der Waals surface area contributed by atoms with Gasteiger partial charge in [0.2, 0.25) is 0 Å². The SMILES string of the molecule is CN(Cc1cccs1)c1cnc(C(N)=S)cn1. The third kappa shape index (κ3) is 2.98. The highest BCUT2D eigenvalue weighted by atomic mass is 32.1. The lowest BCUT2D eigenvalue weighted by Gasteiger charge is -2.16. The van der Waals surface area contributed by atoms with Gasteiger partial charge in [-0.3, -0.25) is 0 Å². The van der Waals surface area contributed by atoms with Gasteiger partial charge in [-0.05, 0) is 11.4 Å². The minimum Gasteiger partial charge on any atom is -0.388 e. The molecule has 0 saturated heterocycles. The molecule has 0 aliphatic rings. The smallest absolute Gasteiger partial charge is 0.147 e. The Labute approximate surface area is 109 Å². The van der Waals surface area contributed by atoms with Crippen LogP contribution in [0.2, 0.25) is 0 Å². The fourth-order valence-electron chi connectivity index (χ4n) is 1.36. The van der Waals surface area contributed by atoms with Gasteiger partial charge in [-0.2, -0.15) is 0 Å². The van der Waals surface area contributed by atoms with E-state index < -0.39 is 0 Å². The first-order valence-corrected chi connectivity index (χ1v) is 6.31. The van der Waals surface area contributed by atoms with Crippen LogP contribution in [-0.4, -0.2) is 22.0 Å². The van der Waals surface area contributed by atoms with Crippen molar-refractivity contribution in [2.45, 2.75) is 6.54 Å². The molecule has 0 aliphatic carbocycles. The zero-order valence-electron chi connectivity index (χ0n) is 9.33. The zero-order valence-corrected chi connectivity index (χ0v) is 11.0. The summed E-state index contributed by atoms with van der Waals surface area (Å²) in [6.45, 7) is 0.818. The van der Waals surface area contributed by atoms with E-state index in [1.54, 1.807) is 23.7 Å². The summed E-state index contributed by atoms with van der Waals surface area (Å²) in [5, 5.41) is 2.06. The quantitative estimate of drug-likeness (QED) is 0.854. The molecule has 0 fully saturated rings. The number of nitrogens with two attached hydrogens (primary N) is 1. The van der Waals surface area contributed by atoms with E-state index >= 15 is 0 Å². The van der Waals surface area contributed by atoms with Crippen LogP contribution in [-0.2, 0) is 6.54 Å². The molecule has 2 heterocycles. The van der Waals surface area contributed by atoms with Crippen LogP contribution in [0.15, 0.2) is 29.9 Å². The predicted octanol–water partition coefficient (Wildman–Crippen LogP) is 1.81. The van der Waals surface area contributed by atoms with Gasteiger partial charge in [0.05, 0.1) is 18.9 Å². The molecule has 6 heteroatoms. The van der Waals surface area contributed by atoms with E-state index in [1.807, 2.05) is 18.0 Å². The number of thiocarbonyl (C=S) groups is 1. The van der Waals surface area contributed by atoms with Gasteiger partial charge in [-0.15, -0.1) is 11.3 Å². The van der Waals surface area contributed by atoms with Crippen molar-refractivity contribution in [2.75, 3.05) is 11.9 Å². The maximum atomic E-state index is 5.47. The topological polar surface area (TPSA) is 55.0 Å². The molecule has 0 amide bonds. The van der Waals surface area contributed by atoms with Gasteiger partial charge in [0, 0.05) is 11.9 Å². The monoisotopic (exact) mass is 264 g/mol. The van der Waals surface area contributed by atoms with Crippen molar-refractivity contribution < 1.29 is 0 Å². The van der Waals surface area contributed by atoms with Crippen LogP contribution in [0.1, 0.15) is 10.6 Å². The summed E-state index contributed by atoms with van der Waals surface area (Å²) in [6, 6.07) is 4.13. The van der Waals surface area contributed by atoms with Gasteiger partial charge in [-0.25, -0.2) is 9.97 Å². The molecular formula is C11H12N4S2. The third-order valence-electron chi connectivity index (χ3n) is 2.25. The maximum Gasteiger partial charge on any atom is 0.147 e. The lowest BCUT2D eigenvalue weighted by atomic mass is 10.4. The molecule has 0 unspecified atom stereocenters. The number of anilines is 1. The van der Waals surface area contributed by atoms with Crippen LogP contribution in [0.25, 0.3) is 0 Å². The molecule has 0 atom stereocenters. The Morgan fingerprint density at radius 2 is 2.29 bits per heavy atom. The van der Waals surface area contributed by atoms with E-state index in [1.165, 1.54) is 4.88 Å². The van der Waals surface area contributed by atoms with E-state index in [4.69, 9.17) is 18.0 Å². The van der Waals surface area contributed by atoms with Crippen molar-refractivity contribution in [3.05, 3.63) is 40.5 Å². The van der Waals surface area contributed by atoms with Crippen LogP contribution in [0, 0.1) is 0 Å². The number of hydrogen-bond acceptors (Lipinski definition) is 5. The van der Waals surface area contributed by atoms with Crippen LogP contribution in [0.3, 0.4) is 0 Å². The zero-order chi connectivity index (χ0) is 12.3. The lowest BCUT2D eigenvalue weighted by Crippen LogP contribution is -2.18. The highest BCUT2D eigenvalue weighted by Crippen LogP contribution is 2.15. The standard InChI is InChI=1S/C11H12N4S2/c1-15(7-8-3-2-4-17-8)10-6-13-9(5-14-10)11(12)16/h2-6H,7H2,1H3,(H2,12,16). The summed E-state index contributed by atoms with van der Waals surface area (Å²) in [7, 11) is 1.98. The first-order valence-electron chi connectivity index (χ1n) is 5.02. The first-order chi connectivity index (χ1) is 8.16. The average molecular weight is 264 g/mol. The summed E-state index contributed by atoms with van der Waals surface area (Å²) in [5.41, 5.74) is 6.02. The Bertz CT molecular complexity index is 493. The first kappa shape index (κ1) is 11.9. The predicted molar refractivity (Wildman–Crippen MR) is 74.3 cm³/mol. The maximum absolute atomic E-state index is 5.47. The summed E-state index contributed by atoms with van der Waals surface area (Å²) >= 11 is 6.55. The Balaban J connectivity index is 2.09. The molecule has 0 aliphatic heterocycles. The molecule has 0 saturated carbocycles. The Morgan fingerprint density at radius 1 is 1.47 bits per heavy atom. The minimum atomic E-state index is 0.268. The number of aromatic nitrogens is 2. The summed E-state index contributed by atoms with van der Waals surface area (Å²) < 4.78 is 0. The summed E-state index contributed by atoms with van der Waals surface area (Å²) in [4.78, 5) is 12.0. The van der Waals surface area contributed by atoms with Gasteiger partial charge < -0.3 is 10.6 Å². The van der Waals surface area contributed by atoms with Crippen molar-refractivity contribution in [1.29, 1.82) is 0 Å². The van der Waals surface area contributed by atoms with Crippen LogP contribution in [0.5, 0.6) is 0 Å². The fourth-order valence-corrected chi connectivity index (χ4v) is 2.23. The van der Waals surface area contributed by atoms with Gasteiger partial charge in [0.25, 0.3) is 0 Å². The summed E-state index contributed by atoms with van der Waals surface area (Å²) in [6.07, 6.45) is 3.28. The molecule has 0 spiro atoms. The van der Waals surface area contributed by atoms with E-state index in [9.17, 15) is 0 Å². The number of hydrogen-bond donors (Lipinski definition) is 1. The van der Waals surface area contributed by atoms with E-state index in [0.29, 0.717) is 5.69 Å². The molecule has 2 N–H and O–H groups in total. The van der Waals surface area contributed by atoms with Crippen LogP contribution < -0.4 is 10.6 Å². The third-order valence-corrected chi connectivity index (χ3v) is 3.33. The molecule has 0 bridgehead atoms. The Morgan fingerprint density at radius 3 is 2.82 bits per heavy atom. The van der Waals surface area contributed by atoms with Crippen molar-refractivity contribution in [3.63, 3.8) is 0 Å². The number of thiophene rings is 1. The lowest BCUT2D eigenvalue weighted by molar-refractivity contribution is 0.902. The highest BCUT2D eigenvalue weighted by Gasteiger charge is 2.05. The second-order valence-electron chi connectivity index (χ2n) is 3.56. The van der Waals surface area contributed by atoms with Crippen LogP contribution >= 0.6 is 23.6 Å². The van der Waals surface area contributed by atoms with Gasteiger partial charge >= 0.3 is 0 Å². The van der Waals surface area contributed by atoms with Crippen molar-refractivity contribution in [3.8, 4) is 0 Å². The Kier molecular flexibility index (Phi) is 3.65. The van der Waals surface area contributed by atoms with Gasteiger partial charge in [0.1, 0.15) is 16.5 Å². The van der Waals surface area contributed by atoms with Gasteiger partial charge in [-0.1, -0.05) is 18.3 Å². The van der Waals surface area contributed by atoms with E-state index in [-0.39, 0.29) is 4.99 Å². The fraction of sp³-hybridized carbons (Fsp3) is 0.182. The van der Waals surface area contributed by atoms with Crippen molar-refractivity contribution >= 4 is 34.4 Å². The molecule has 2 aromatic heterocycles. The van der Waals surface area contributed by atoms with Gasteiger partial charge in [0.15, 0.2) is 0 Å². The molecule has 0 aromatic carbocycles. The van der Waals surface area contributed by atoms with E-state index in [0.717, 1.165) is 12.4 Å². The molecule has 88 valence electrons. The van der Waals surface area contributed by atoms with Crippen molar-refractivity contribution in [2.24, 2.45) is 5.73 Å². The van der Waals surface area contributed by atoms with E-state index in [2.05, 4.69) is 21.4 Å². The average Bonchev–Trinajstić information content (AvgIpc) is 2.82. The van der Waals surface area contributed by atoms with Crippen LogP contribution in [0.4, 0.5) is 5.82 Å². The number of nitrogens with zero attached hydrogens (tertiary/aromatic N) is 3. The van der Waals surface area contributed by atoms with Crippen molar-refractivity contribution in [1.82, 2.24) is 9.97 Å². The molecule has 4 nitrogen and oxygen atoms in total. The second-order valence-corrected chi connectivity index (χ2v) is 5.03. The molecule has 17 heavy (non-hydrogen) atoms. The highest BCUT2D eigenvalue weighted by molar-refractivity contribution is 7.80. The molecule has 2 rings (SSSR count).